The Kier molecular flexibility index (Phi) is 15.3. The van der Waals surface area contributed by atoms with Crippen LogP contribution >= 0.6 is 11.8 Å². The van der Waals surface area contributed by atoms with Crippen LogP contribution in [0, 0.1) is 16.2 Å². The maximum Gasteiger partial charge on any atom is 0.501 e. The average molecular weight is 1020 g/mol. The Labute approximate surface area is 407 Å². The fraction of sp³-hybridized carbons (Fsp3) is 0.580. The number of halogens is 5. The van der Waals surface area contributed by atoms with E-state index in [4.69, 9.17) is 4.74 Å². The van der Waals surface area contributed by atoms with Crippen molar-refractivity contribution in [2.24, 2.45) is 16.2 Å². The molecule has 0 spiro atoms. The number of rotatable bonds is 19. The van der Waals surface area contributed by atoms with Crippen molar-refractivity contribution in [3.8, 4) is 0 Å². The van der Waals surface area contributed by atoms with Crippen molar-refractivity contribution in [3.63, 3.8) is 0 Å². The van der Waals surface area contributed by atoms with Crippen LogP contribution < -0.4 is 14.9 Å². The van der Waals surface area contributed by atoms with Gasteiger partial charge in [-0.15, -0.1) is 11.8 Å². The van der Waals surface area contributed by atoms with E-state index in [1.54, 1.807) is 16.9 Å². The van der Waals surface area contributed by atoms with E-state index in [1.165, 1.54) is 41.1 Å². The molecule has 3 aromatic carbocycles. The Morgan fingerprint density at radius 2 is 1.54 bits per heavy atom. The topological polar surface area (TPSA) is 128 Å². The molecule has 0 aromatic heterocycles. The summed E-state index contributed by atoms with van der Waals surface area (Å²) in [6.45, 7) is 13.1. The Morgan fingerprint density at radius 1 is 0.870 bits per heavy atom. The molecule has 9 rings (SSSR count). The zero-order chi connectivity index (χ0) is 49.4. The van der Waals surface area contributed by atoms with E-state index in [0.29, 0.717) is 63.7 Å². The van der Waals surface area contributed by atoms with Crippen LogP contribution in [0.2, 0.25) is 0 Å². The minimum atomic E-state index is -6.22. The normalized spacial score (nSPS) is 24.2. The first-order valence-corrected chi connectivity index (χ1v) is 27.9. The molecule has 0 unspecified atom stereocenters. The van der Waals surface area contributed by atoms with Gasteiger partial charge in [0.25, 0.3) is 25.8 Å². The van der Waals surface area contributed by atoms with Gasteiger partial charge in [-0.1, -0.05) is 43.2 Å². The van der Waals surface area contributed by atoms with E-state index >= 15 is 0 Å². The third-order valence-electron chi connectivity index (χ3n) is 15.0. The number of sulfone groups is 1. The molecule has 3 aromatic rings. The number of benzene rings is 3. The van der Waals surface area contributed by atoms with E-state index in [1.807, 2.05) is 37.3 Å². The molecule has 11 nitrogen and oxygen atoms in total. The number of hydrogen-bond acceptors (Lipinski definition) is 11. The summed E-state index contributed by atoms with van der Waals surface area (Å²) < 4.78 is 131. The Morgan fingerprint density at radius 3 is 2.16 bits per heavy atom. The summed E-state index contributed by atoms with van der Waals surface area (Å²) >= 11 is 1.52. The summed E-state index contributed by atoms with van der Waals surface area (Å²) in [6.07, 6.45) is 5.00. The summed E-state index contributed by atoms with van der Waals surface area (Å²) in [5, 5.41) is 3.18. The zero-order valence-corrected chi connectivity index (χ0v) is 42.0. The lowest BCUT2D eigenvalue weighted by Crippen LogP contribution is -2.66. The molecular weight excluding hydrogens is 958 g/mol. The number of ether oxygens (including phenoxy) is 1. The van der Waals surface area contributed by atoms with Gasteiger partial charge in [0.15, 0.2) is 0 Å². The predicted octanol–water partition coefficient (Wildman–Crippen LogP) is 9.63. The third-order valence-corrected chi connectivity index (χ3v) is 19.2. The molecule has 69 heavy (non-hydrogen) atoms. The molecule has 3 saturated carbocycles. The first-order chi connectivity index (χ1) is 32.6. The molecule has 2 heterocycles. The summed E-state index contributed by atoms with van der Waals surface area (Å²) in [4.78, 5) is 18.5. The van der Waals surface area contributed by atoms with Crippen LogP contribution in [-0.2, 0) is 24.6 Å². The quantitative estimate of drug-likeness (QED) is 0.0677. The smallest absolute Gasteiger partial charge is 0.381 e. The standard InChI is InChI=1S/C50H64F5N5O6S3/c1-4-66-40-18-22-58(23-19-40)21-17-38(31-67-41-8-6-5-7-9-41)56-37-12-15-43(44(28-37)68(62,63)50(53,54)55)69(64,65)57-45(61)35-10-13-39(14-11-35)60-26-24-59(25-27-60)30-36-16-20-47(2,3)29-42(36)48-32-49(33-48,34-48)46(51)52/h5-15,28,38,40,46,56H,4,16-27,29-34H2,1-3H3,(H,57,61)/t38-,48?,49?/m1/s1. The van der Waals surface area contributed by atoms with E-state index < -0.39 is 52.9 Å². The number of alkyl halides is 5. The largest absolute Gasteiger partial charge is 0.501 e. The summed E-state index contributed by atoms with van der Waals surface area (Å²) in [5.74, 6) is -0.672. The number of nitrogens with one attached hydrogen (secondary N) is 2. The van der Waals surface area contributed by atoms with Crippen LogP contribution in [-0.4, -0.2) is 121 Å². The highest BCUT2D eigenvalue weighted by molar-refractivity contribution is 7.99. The zero-order valence-electron chi connectivity index (χ0n) is 39.5. The van der Waals surface area contributed by atoms with Crippen molar-refractivity contribution in [1.82, 2.24) is 14.5 Å². The van der Waals surface area contributed by atoms with Crippen LogP contribution in [0.25, 0.3) is 0 Å². The van der Waals surface area contributed by atoms with Crippen molar-refractivity contribution < 1.29 is 48.3 Å². The summed E-state index contributed by atoms with van der Waals surface area (Å²) in [7, 11) is -11.4. The number of hydrogen-bond donors (Lipinski definition) is 2. The first-order valence-electron chi connectivity index (χ1n) is 24.0. The van der Waals surface area contributed by atoms with E-state index in [2.05, 4.69) is 33.9 Å². The second-order valence-electron chi connectivity index (χ2n) is 20.5. The van der Waals surface area contributed by atoms with Crippen molar-refractivity contribution in [3.05, 3.63) is 89.5 Å². The fourth-order valence-electron chi connectivity index (χ4n) is 11.2. The van der Waals surface area contributed by atoms with Crippen molar-refractivity contribution in [2.75, 3.05) is 74.9 Å². The lowest BCUT2D eigenvalue weighted by atomic mass is 9.32. The summed E-state index contributed by atoms with van der Waals surface area (Å²) in [5.41, 5.74) is -3.04. The molecule has 0 radical (unpaired) electrons. The molecule has 6 aliphatic rings. The molecular formula is C50H64F5N5O6S3. The van der Waals surface area contributed by atoms with Gasteiger partial charge in [0, 0.05) is 98.0 Å². The molecule has 2 saturated heterocycles. The minimum Gasteiger partial charge on any atom is -0.381 e. The number of piperazine rings is 1. The maximum atomic E-state index is 14.2. The van der Waals surface area contributed by atoms with E-state index in [9.17, 15) is 43.6 Å². The second kappa shape index (κ2) is 20.4. The molecule has 2 N–H and O–H groups in total. The van der Waals surface area contributed by atoms with Gasteiger partial charge in [0.2, 0.25) is 6.43 Å². The van der Waals surface area contributed by atoms with Crippen molar-refractivity contribution >= 4 is 48.9 Å². The number of likely N-dealkylation sites (tertiary alicyclic amines) is 1. The average Bonchev–Trinajstić information content (AvgIpc) is 3.27. The molecule has 4 aliphatic carbocycles. The molecule has 19 heteroatoms. The molecule has 1 amide bonds. The van der Waals surface area contributed by atoms with Gasteiger partial charge in [-0.05, 0) is 130 Å². The van der Waals surface area contributed by atoms with Gasteiger partial charge in [-0.25, -0.2) is 30.3 Å². The second-order valence-corrected chi connectivity index (χ2v) is 25.2. The molecule has 1 atom stereocenters. The number of sulfonamides is 1. The minimum absolute atomic E-state index is 0.0250. The van der Waals surface area contributed by atoms with Gasteiger partial charge < -0.3 is 19.9 Å². The number of carbonyl (C=O) groups is 1. The van der Waals surface area contributed by atoms with Gasteiger partial charge in [-0.2, -0.15) is 13.2 Å². The number of amides is 1. The monoisotopic (exact) mass is 1020 g/mol. The number of thioether (sulfide) groups is 1. The van der Waals surface area contributed by atoms with Crippen molar-refractivity contribution in [2.45, 2.75) is 117 Å². The van der Waals surface area contributed by atoms with Gasteiger partial charge in [0.1, 0.15) is 4.90 Å². The Bertz CT molecular complexity index is 2540. The SMILES string of the molecule is CCOC1CCN(CC[C@H](CSc2ccccc2)Nc2ccc(S(=O)(=O)NC(=O)c3ccc(N4CCN(CC5=C(C67CC(C(F)F)(C6)C7)CC(C)(C)CC5)CC4)cc3)c(S(=O)(=O)C(F)(F)F)c2)CC1. The van der Waals surface area contributed by atoms with Crippen LogP contribution in [0.1, 0.15) is 88.9 Å². The van der Waals surface area contributed by atoms with Crippen LogP contribution in [0.15, 0.2) is 98.6 Å². The molecule has 2 aliphatic heterocycles. The molecule has 378 valence electrons. The first kappa shape index (κ1) is 51.6. The molecule has 2 bridgehead atoms. The van der Waals surface area contributed by atoms with Crippen LogP contribution in [0.4, 0.5) is 33.3 Å². The molecule has 5 fully saturated rings. The fourth-order valence-corrected chi connectivity index (χ4v) is 14.7. The third kappa shape index (κ3) is 11.5. The predicted molar refractivity (Wildman–Crippen MR) is 259 cm³/mol. The highest BCUT2D eigenvalue weighted by Gasteiger charge is 2.73. The summed E-state index contributed by atoms with van der Waals surface area (Å²) in [6, 6.07) is 18.0. The van der Waals surface area contributed by atoms with E-state index in [-0.39, 0.29) is 34.2 Å². The lowest BCUT2D eigenvalue weighted by Gasteiger charge is -2.72. The van der Waals surface area contributed by atoms with Crippen LogP contribution in [0.5, 0.6) is 0 Å². The number of anilines is 2. The maximum absolute atomic E-state index is 14.2. The van der Waals surface area contributed by atoms with E-state index in [0.717, 1.165) is 81.5 Å². The van der Waals surface area contributed by atoms with Gasteiger partial charge in [0.05, 0.1) is 11.0 Å². The highest BCUT2D eigenvalue weighted by atomic mass is 32.2. The number of carbonyl (C=O) groups excluding carboxylic acids is 1. The number of nitrogens with zero attached hydrogens (tertiary/aromatic N) is 3. The Balaban J connectivity index is 0.917. The van der Waals surface area contributed by atoms with Gasteiger partial charge in [-0.3, -0.25) is 9.69 Å². The Hall–Kier alpha value is -3.75. The van der Waals surface area contributed by atoms with Crippen molar-refractivity contribution in [1.29, 1.82) is 0 Å². The number of allylic oxidation sites excluding steroid dienone is 1. The van der Waals surface area contributed by atoms with Crippen LogP contribution in [0.3, 0.4) is 0 Å². The highest BCUT2D eigenvalue weighted by Crippen LogP contribution is 2.79. The number of piperidine rings is 1. The lowest BCUT2D eigenvalue weighted by molar-refractivity contribution is -0.250. The van der Waals surface area contributed by atoms with Gasteiger partial charge >= 0.3 is 5.51 Å².